The van der Waals surface area contributed by atoms with E-state index in [0.717, 1.165) is 51.6 Å². The number of carbonyl (C=O) groups is 2. The summed E-state index contributed by atoms with van der Waals surface area (Å²) in [6, 6.07) is 7.18. The monoisotopic (exact) mass is 315 g/mol. The predicted molar refractivity (Wildman–Crippen MR) is 90.2 cm³/mol. The second kappa shape index (κ2) is 6.71. The van der Waals surface area contributed by atoms with E-state index in [4.69, 9.17) is 5.73 Å². The zero-order valence-corrected chi connectivity index (χ0v) is 13.5. The molecule has 1 aromatic carbocycles. The molecule has 3 rings (SSSR count). The SMILES string of the molecule is NC1(C(=O)Nc2cccc(C(=O)N3CCCCC3)c2)CCCC1. The number of benzene rings is 1. The maximum Gasteiger partial charge on any atom is 0.253 e. The topological polar surface area (TPSA) is 75.4 Å². The summed E-state index contributed by atoms with van der Waals surface area (Å²) in [4.78, 5) is 26.8. The smallest absolute Gasteiger partial charge is 0.253 e. The molecule has 0 bridgehead atoms. The number of nitrogens with one attached hydrogen (secondary N) is 1. The molecule has 0 spiro atoms. The van der Waals surface area contributed by atoms with Crippen LogP contribution in [0.3, 0.4) is 0 Å². The van der Waals surface area contributed by atoms with Gasteiger partial charge >= 0.3 is 0 Å². The Labute approximate surface area is 137 Å². The van der Waals surface area contributed by atoms with Gasteiger partial charge in [0.25, 0.3) is 5.91 Å². The highest BCUT2D eigenvalue weighted by atomic mass is 16.2. The molecular formula is C18H25N3O2. The van der Waals surface area contributed by atoms with Gasteiger partial charge in [0.05, 0.1) is 5.54 Å². The van der Waals surface area contributed by atoms with Crippen molar-refractivity contribution in [1.29, 1.82) is 0 Å². The van der Waals surface area contributed by atoms with Crippen LogP contribution >= 0.6 is 0 Å². The molecule has 124 valence electrons. The van der Waals surface area contributed by atoms with Gasteiger partial charge in [0.1, 0.15) is 0 Å². The van der Waals surface area contributed by atoms with E-state index in [0.29, 0.717) is 11.3 Å². The van der Waals surface area contributed by atoms with Gasteiger partial charge in [-0.05, 0) is 50.3 Å². The Bertz CT molecular complexity index is 588. The van der Waals surface area contributed by atoms with Crippen LogP contribution in [0.15, 0.2) is 24.3 Å². The molecule has 0 aromatic heterocycles. The van der Waals surface area contributed by atoms with Crippen molar-refractivity contribution in [2.45, 2.75) is 50.5 Å². The molecule has 0 atom stereocenters. The van der Waals surface area contributed by atoms with E-state index in [2.05, 4.69) is 5.32 Å². The highest BCUT2D eigenvalue weighted by Gasteiger charge is 2.37. The van der Waals surface area contributed by atoms with E-state index in [-0.39, 0.29) is 11.8 Å². The van der Waals surface area contributed by atoms with Crippen LogP contribution in [-0.4, -0.2) is 35.3 Å². The number of nitrogens with zero attached hydrogens (tertiary/aromatic N) is 1. The van der Waals surface area contributed by atoms with Crippen LogP contribution in [0.5, 0.6) is 0 Å². The average Bonchev–Trinajstić information content (AvgIpc) is 3.03. The minimum atomic E-state index is -0.757. The number of hydrogen-bond donors (Lipinski definition) is 2. The number of piperidine rings is 1. The van der Waals surface area contributed by atoms with E-state index in [9.17, 15) is 9.59 Å². The Morgan fingerprint density at radius 3 is 2.43 bits per heavy atom. The van der Waals surface area contributed by atoms with Crippen molar-refractivity contribution >= 4 is 17.5 Å². The highest BCUT2D eigenvalue weighted by Crippen LogP contribution is 2.28. The summed E-state index contributed by atoms with van der Waals surface area (Å²) in [6.45, 7) is 1.64. The molecule has 5 heteroatoms. The van der Waals surface area contributed by atoms with Gasteiger partial charge in [-0.2, -0.15) is 0 Å². The van der Waals surface area contributed by atoms with Crippen LogP contribution in [0.1, 0.15) is 55.3 Å². The minimum absolute atomic E-state index is 0.0455. The molecule has 1 aliphatic heterocycles. The van der Waals surface area contributed by atoms with Gasteiger partial charge in [-0.15, -0.1) is 0 Å². The molecule has 5 nitrogen and oxygen atoms in total. The molecule has 3 N–H and O–H groups in total. The third-order valence-corrected chi connectivity index (χ3v) is 4.96. The van der Waals surface area contributed by atoms with Crippen molar-refractivity contribution < 1.29 is 9.59 Å². The van der Waals surface area contributed by atoms with Crippen molar-refractivity contribution in [3.05, 3.63) is 29.8 Å². The van der Waals surface area contributed by atoms with Gasteiger partial charge in [0.15, 0.2) is 0 Å². The zero-order valence-electron chi connectivity index (χ0n) is 13.5. The lowest BCUT2D eigenvalue weighted by Gasteiger charge is -2.27. The molecule has 0 radical (unpaired) electrons. The van der Waals surface area contributed by atoms with Crippen LogP contribution in [0.4, 0.5) is 5.69 Å². The molecular weight excluding hydrogens is 290 g/mol. The van der Waals surface area contributed by atoms with E-state index in [1.165, 1.54) is 6.42 Å². The molecule has 1 aliphatic carbocycles. The van der Waals surface area contributed by atoms with Crippen molar-refractivity contribution in [2.75, 3.05) is 18.4 Å². The first kappa shape index (κ1) is 16.0. The second-order valence-corrected chi connectivity index (χ2v) is 6.75. The normalized spacial score (nSPS) is 20.3. The van der Waals surface area contributed by atoms with Crippen LogP contribution in [0, 0.1) is 0 Å². The summed E-state index contributed by atoms with van der Waals surface area (Å²) >= 11 is 0. The average molecular weight is 315 g/mol. The van der Waals surface area contributed by atoms with Crippen LogP contribution < -0.4 is 11.1 Å². The van der Waals surface area contributed by atoms with E-state index < -0.39 is 5.54 Å². The molecule has 23 heavy (non-hydrogen) atoms. The van der Waals surface area contributed by atoms with Crippen molar-refractivity contribution in [3.8, 4) is 0 Å². The standard InChI is InChI=1S/C18H25N3O2/c19-18(9-2-3-10-18)17(23)20-15-8-6-7-14(13-15)16(22)21-11-4-1-5-12-21/h6-8,13H,1-5,9-12,19H2,(H,20,23). The lowest BCUT2D eigenvalue weighted by Crippen LogP contribution is -2.48. The number of nitrogens with two attached hydrogens (primary N) is 1. The summed E-state index contributed by atoms with van der Waals surface area (Å²) < 4.78 is 0. The molecule has 0 unspecified atom stereocenters. The van der Waals surface area contributed by atoms with Gasteiger partial charge in [0.2, 0.25) is 5.91 Å². The third kappa shape index (κ3) is 3.55. The van der Waals surface area contributed by atoms with Gasteiger partial charge in [-0.25, -0.2) is 0 Å². The fraction of sp³-hybridized carbons (Fsp3) is 0.556. The molecule has 2 aliphatic rings. The maximum absolute atomic E-state index is 12.5. The Hall–Kier alpha value is -1.88. The van der Waals surface area contributed by atoms with Gasteiger partial charge in [-0.1, -0.05) is 18.9 Å². The van der Waals surface area contributed by atoms with Gasteiger partial charge < -0.3 is 16.0 Å². The van der Waals surface area contributed by atoms with Crippen LogP contribution in [0.2, 0.25) is 0 Å². The first-order chi connectivity index (χ1) is 11.1. The fourth-order valence-corrected chi connectivity index (χ4v) is 3.50. The van der Waals surface area contributed by atoms with Crippen LogP contribution in [0.25, 0.3) is 0 Å². The Kier molecular flexibility index (Phi) is 4.66. The summed E-state index contributed by atoms with van der Waals surface area (Å²) in [5.41, 5.74) is 6.70. The zero-order chi connectivity index (χ0) is 16.3. The number of hydrogen-bond acceptors (Lipinski definition) is 3. The van der Waals surface area contributed by atoms with Crippen molar-refractivity contribution in [2.24, 2.45) is 5.73 Å². The quantitative estimate of drug-likeness (QED) is 0.900. The fourth-order valence-electron chi connectivity index (χ4n) is 3.50. The molecule has 2 amide bonds. The maximum atomic E-state index is 12.5. The lowest BCUT2D eigenvalue weighted by molar-refractivity contribution is -0.121. The number of rotatable bonds is 3. The van der Waals surface area contributed by atoms with Gasteiger partial charge in [0, 0.05) is 24.3 Å². The summed E-state index contributed by atoms with van der Waals surface area (Å²) in [7, 11) is 0. The van der Waals surface area contributed by atoms with E-state index in [1.54, 1.807) is 12.1 Å². The third-order valence-electron chi connectivity index (χ3n) is 4.96. The first-order valence-electron chi connectivity index (χ1n) is 8.58. The predicted octanol–water partition coefficient (Wildman–Crippen LogP) is 2.52. The van der Waals surface area contributed by atoms with E-state index in [1.807, 2.05) is 17.0 Å². The number of likely N-dealkylation sites (tertiary alicyclic amines) is 1. The number of carbonyl (C=O) groups excluding carboxylic acids is 2. The number of amides is 2. The Balaban J connectivity index is 1.69. The number of anilines is 1. The van der Waals surface area contributed by atoms with Crippen LogP contribution in [-0.2, 0) is 4.79 Å². The second-order valence-electron chi connectivity index (χ2n) is 6.75. The minimum Gasteiger partial charge on any atom is -0.339 e. The molecule has 2 fully saturated rings. The molecule has 1 aromatic rings. The summed E-state index contributed by atoms with van der Waals surface area (Å²) in [5, 5.41) is 2.89. The van der Waals surface area contributed by atoms with Gasteiger partial charge in [-0.3, -0.25) is 9.59 Å². The summed E-state index contributed by atoms with van der Waals surface area (Å²) in [5.74, 6) is -0.0956. The summed E-state index contributed by atoms with van der Waals surface area (Å²) in [6.07, 6.45) is 6.78. The molecule has 1 heterocycles. The van der Waals surface area contributed by atoms with E-state index >= 15 is 0 Å². The van der Waals surface area contributed by atoms with Crippen molar-refractivity contribution in [1.82, 2.24) is 4.90 Å². The Morgan fingerprint density at radius 1 is 1.04 bits per heavy atom. The highest BCUT2D eigenvalue weighted by molar-refractivity contribution is 6.00. The first-order valence-corrected chi connectivity index (χ1v) is 8.58. The Morgan fingerprint density at radius 2 is 1.74 bits per heavy atom. The molecule has 1 saturated heterocycles. The largest absolute Gasteiger partial charge is 0.339 e. The lowest BCUT2D eigenvalue weighted by atomic mass is 9.98. The van der Waals surface area contributed by atoms with Crippen molar-refractivity contribution in [3.63, 3.8) is 0 Å². The molecule has 1 saturated carbocycles.